The van der Waals surface area contributed by atoms with Gasteiger partial charge in [-0.25, -0.2) is 0 Å². The molecule has 1 unspecified atom stereocenters. The molecule has 0 saturated heterocycles. The molecule has 0 aliphatic carbocycles. The molecule has 2 heterocycles. The molecule has 4 rings (SSSR count). The summed E-state index contributed by atoms with van der Waals surface area (Å²) in [4.78, 5) is 4.38. The number of methoxy groups -OCH3 is 2. The van der Waals surface area contributed by atoms with Gasteiger partial charge in [0, 0.05) is 12.3 Å². The molecule has 0 aromatic heterocycles. The number of quaternary nitrogens is 1. The van der Waals surface area contributed by atoms with Crippen molar-refractivity contribution in [1.82, 2.24) is 0 Å². The van der Waals surface area contributed by atoms with Gasteiger partial charge in [0.15, 0.2) is 11.5 Å². The van der Waals surface area contributed by atoms with E-state index >= 15 is 0 Å². The maximum absolute atomic E-state index is 13.3. The molecular weight excluding hydrogens is 487 g/mol. The second-order valence-electron chi connectivity index (χ2n) is 7.52. The van der Waals surface area contributed by atoms with E-state index in [2.05, 4.69) is 4.99 Å². The molecule has 0 saturated carbocycles. The predicted molar refractivity (Wildman–Crippen MR) is 118 cm³/mol. The second kappa shape index (κ2) is 8.27. The summed E-state index contributed by atoms with van der Waals surface area (Å²) >= 11 is 0. The van der Waals surface area contributed by atoms with Crippen molar-refractivity contribution in [1.29, 1.82) is 0 Å². The number of rotatable bonds is 4. The molecule has 0 spiro atoms. The molecule has 1 atom stereocenters. The Bertz CT molecular complexity index is 928. The van der Waals surface area contributed by atoms with E-state index in [9.17, 15) is 5.11 Å². The third kappa shape index (κ3) is 3.83. The molecule has 156 valence electrons. The van der Waals surface area contributed by atoms with Gasteiger partial charge in [-0.15, -0.1) is 24.0 Å². The van der Waals surface area contributed by atoms with Gasteiger partial charge in [-0.3, -0.25) is 4.99 Å². The number of benzene rings is 2. The van der Waals surface area contributed by atoms with Crippen LogP contribution in [-0.4, -0.2) is 52.0 Å². The largest absolute Gasteiger partial charge is 0.857 e. The Morgan fingerprint density at radius 2 is 1.86 bits per heavy atom. The Morgan fingerprint density at radius 3 is 2.52 bits per heavy atom. The van der Waals surface area contributed by atoms with Gasteiger partial charge in [-0.1, -0.05) is 0 Å². The smallest absolute Gasteiger partial charge is 0.231 e. The lowest BCUT2D eigenvalue weighted by Gasteiger charge is -2.45. The monoisotopic (exact) mass is 512 g/mol. The highest BCUT2D eigenvalue weighted by molar-refractivity contribution is 14.0. The Labute approximate surface area is 187 Å². The summed E-state index contributed by atoms with van der Waals surface area (Å²) in [7, 11) is 7.28. The first kappa shape index (κ1) is 21.5. The first-order chi connectivity index (χ1) is 13.4. The molecule has 2 aromatic carbocycles. The van der Waals surface area contributed by atoms with Crippen LogP contribution in [0.5, 0.6) is 23.0 Å². The summed E-state index contributed by atoms with van der Waals surface area (Å²) in [5.74, 6) is 2.30. The van der Waals surface area contributed by atoms with Crippen LogP contribution in [0.15, 0.2) is 35.3 Å². The van der Waals surface area contributed by atoms with Crippen LogP contribution >= 0.6 is 24.0 Å². The Hall–Kier alpha value is -2.20. The van der Waals surface area contributed by atoms with E-state index in [1.54, 1.807) is 38.5 Å². The van der Waals surface area contributed by atoms with Crippen LogP contribution in [0.25, 0.3) is 0 Å². The average molecular weight is 512 g/mol. The topological polar surface area (TPSA) is 72.3 Å². The number of aliphatic imine (C=N–C) groups is 1. The van der Waals surface area contributed by atoms with E-state index in [-0.39, 0.29) is 36.7 Å². The maximum atomic E-state index is 13.3. The standard InChI is InChI=1S/C21H24N2O5.HI/c1-23(2)10-9-13-11-16-19(28-12-27-16)20(26-4)17(13)18(23)21(24)22-14-5-7-15(25-3)8-6-14;/h5-8,11,18H,9-10,12H2,1-4H3;1H. The van der Waals surface area contributed by atoms with Crippen LogP contribution in [0.1, 0.15) is 17.2 Å². The first-order valence-electron chi connectivity index (χ1n) is 9.16. The Morgan fingerprint density at radius 1 is 1.14 bits per heavy atom. The molecule has 0 amide bonds. The number of nitrogens with zero attached hydrogens (tertiary/aromatic N) is 2. The van der Waals surface area contributed by atoms with Gasteiger partial charge in [0.1, 0.15) is 11.8 Å². The molecular formula is C21H25IN2O5. The Kier molecular flexibility index (Phi) is 6.13. The fourth-order valence-electron chi connectivity index (χ4n) is 3.94. The fraction of sp³-hybridized carbons (Fsp3) is 0.381. The van der Waals surface area contributed by atoms with Crippen LogP contribution in [0.3, 0.4) is 0 Å². The van der Waals surface area contributed by atoms with E-state index in [1.807, 2.05) is 20.2 Å². The molecule has 0 fully saturated rings. The number of hydrogen-bond donors (Lipinski definition) is 0. The lowest BCUT2D eigenvalue weighted by Crippen LogP contribution is -2.53. The SMILES string of the molecule is COc1ccc(N=C([O-])C2c3c(cc4c(c3OC)OCO4)CC[N+]2(C)C)cc1.I. The molecule has 2 aromatic rings. The minimum absolute atomic E-state index is 0. The molecule has 0 bridgehead atoms. The molecule has 7 nitrogen and oxygen atoms in total. The second-order valence-corrected chi connectivity index (χ2v) is 7.52. The van der Waals surface area contributed by atoms with Gasteiger partial charge in [0.25, 0.3) is 0 Å². The van der Waals surface area contributed by atoms with Gasteiger partial charge in [0.2, 0.25) is 12.5 Å². The molecule has 2 aliphatic rings. The van der Waals surface area contributed by atoms with Crippen LogP contribution in [0, 0.1) is 0 Å². The normalized spacial score (nSPS) is 19.2. The van der Waals surface area contributed by atoms with E-state index in [4.69, 9.17) is 18.9 Å². The van der Waals surface area contributed by atoms with Crippen molar-refractivity contribution >= 4 is 35.6 Å². The van der Waals surface area contributed by atoms with Crippen molar-refractivity contribution < 1.29 is 28.5 Å². The van der Waals surface area contributed by atoms with Crippen LogP contribution < -0.4 is 24.1 Å². The van der Waals surface area contributed by atoms with Crippen molar-refractivity contribution in [3.05, 3.63) is 41.5 Å². The van der Waals surface area contributed by atoms with Gasteiger partial charge < -0.3 is 28.5 Å². The van der Waals surface area contributed by atoms with Gasteiger partial charge in [-0.2, -0.15) is 0 Å². The Balaban J connectivity index is 0.00000240. The zero-order chi connectivity index (χ0) is 19.9. The van der Waals surface area contributed by atoms with E-state index in [0.29, 0.717) is 27.4 Å². The lowest BCUT2D eigenvalue weighted by atomic mass is 9.89. The third-order valence-electron chi connectivity index (χ3n) is 5.42. The van der Waals surface area contributed by atoms with Crippen LogP contribution in [0.4, 0.5) is 5.69 Å². The lowest BCUT2D eigenvalue weighted by molar-refractivity contribution is -0.914. The number of hydrogen-bond acceptors (Lipinski definition) is 6. The summed E-state index contributed by atoms with van der Waals surface area (Å²) < 4.78 is 22.5. The fourth-order valence-corrected chi connectivity index (χ4v) is 3.94. The van der Waals surface area contributed by atoms with Gasteiger partial charge in [-0.05, 0) is 35.9 Å². The van der Waals surface area contributed by atoms with Crippen molar-refractivity contribution in [3.63, 3.8) is 0 Å². The molecule has 2 aliphatic heterocycles. The number of halogens is 1. The minimum Gasteiger partial charge on any atom is -0.857 e. The minimum atomic E-state index is -0.490. The highest BCUT2D eigenvalue weighted by atomic mass is 127. The highest BCUT2D eigenvalue weighted by Gasteiger charge is 2.41. The molecule has 0 N–H and O–H groups in total. The molecule has 29 heavy (non-hydrogen) atoms. The zero-order valence-electron chi connectivity index (χ0n) is 16.9. The zero-order valence-corrected chi connectivity index (χ0v) is 19.3. The maximum Gasteiger partial charge on any atom is 0.231 e. The first-order valence-corrected chi connectivity index (χ1v) is 9.16. The van der Waals surface area contributed by atoms with Gasteiger partial charge >= 0.3 is 0 Å². The van der Waals surface area contributed by atoms with E-state index in [0.717, 1.165) is 29.8 Å². The van der Waals surface area contributed by atoms with Crippen LogP contribution in [0.2, 0.25) is 0 Å². The quantitative estimate of drug-likeness (QED) is 0.273. The molecule has 8 heteroatoms. The molecule has 0 radical (unpaired) electrons. The summed E-state index contributed by atoms with van der Waals surface area (Å²) in [5, 5.41) is 13.3. The highest BCUT2D eigenvalue weighted by Crippen LogP contribution is 2.50. The van der Waals surface area contributed by atoms with Crippen molar-refractivity contribution in [2.75, 3.05) is 41.7 Å². The van der Waals surface area contributed by atoms with Crippen LogP contribution in [-0.2, 0) is 6.42 Å². The third-order valence-corrected chi connectivity index (χ3v) is 5.42. The van der Waals surface area contributed by atoms with Crippen molar-refractivity contribution in [3.8, 4) is 23.0 Å². The predicted octanol–water partition coefficient (Wildman–Crippen LogP) is 2.81. The van der Waals surface area contributed by atoms with Crippen molar-refractivity contribution in [2.24, 2.45) is 4.99 Å². The van der Waals surface area contributed by atoms with Crippen molar-refractivity contribution in [2.45, 2.75) is 12.5 Å². The number of likely N-dealkylation sites (N-methyl/N-ethyl adjacent to an activating group) is 1. The summed E-state index contributed by atoms with van der Waals surface area (Å²) in [6.45, 7) is 0.964. The number of fused-ring (bicyclic) bond motifs is 2. The van der Waals surface area contributed by atoms with E-state index in [1.165, 1.54) is 0 Å². The number of ether oxygens (including phenoxy) is 4. The van der Waals surface area contributed by atoms with E-state index < -0.39 is 6.04 Å². The summed E-state index contributed by atoms with van der Waals surface area (Å²) in [6, 6.07) is 8.61. The van der Waals surface area contributed by atoms with Gasteiger partial charge in [0.05, 0.1) is 46.1 Å². The average Bonchev–Trinajstić information content (AvgIpc) is 3.14. The summed E-state index contributed by atoms with van der Waals surface area (Å²) in [6.07, 6.45) is 0.821. The summed E-state index contributed by atoms with van der Waals surface area (Å²) in [5.41, 5.74) is 2.48.